The summed E-state index contributed by atoms with van der Waals surface area (Å²) < 4.78 is 6.80. The van der Waals surface area contributed by atoms with Crippen molar-refractivity contribution in [2.24, 2.45) is 7.05 Å². The normalized spacial score (nSPS) is 10.3. The molecule has 0 aliphatic rings. The van der Waals surface area contributed by atoms with Gasteiger partial charge in [-0.25, -0.2) is 4.98 Å². The predicted octanol–water partition coefficient (Wildman–Crippen LogP) is 0.495. The summed E-state index contributed by atoms with van der Waals surface area (Å²) in [6, 6.07) is 3.63. The van der Waals surface area contributed by atoms with Crippen molar-refractivity contribution in [2.75, 3.05) is 0 Å². The minimum absolute atomic E-state index is 0.0326. The molecule has 6 heteroatoms. The van der Waals surface area contributed by atoms with Crippen molar-refractivity contribution in [3.05, 3.63) is 30.2 Å². The van der Waals surface area contributed by atoms with Crippen LogP contribution in [0.5, 0.6) is 11.9 Å². The van der Waals surface area contributed by atoms with Crippen LogP contribution in [-0.4, -0.2) is 24.9 Å². The molecule has 0 aliphatic heterocycles. The maximum Gasteiger partial charge on any atom is 0.342 e. The van der Waals surface area contributed by atoms with E-state index in [2.05, 4.69) is 15.1 Å². The highest BCUT2D eigenvalue weighted by Crippen LogP contribution is 2.13. The summed E-state index contributed by atoms with van der Waals surface area (Å²) in [4.78, 5) is 7.88. The SMILES string of the molecule is Cn1cnc(Oc2ccc(CO)cn2)n1. The van der Waals surface area contributed by atoms with Gasteiger partial charge in [-0.1, -0.05) is 0 Å². The molecule has 0 atom stereocenters. The molecule has 1 N–H and O–H groups in total. The maximum absolute atomic E-state index is 8.81. The van der Waals surface area contributed by atoms with Crippen LogP contribution in [0.2, 0.25) is 0 Å². The highest BCUT2D eigenvalue weighted by Gasteiger charge is 2.02. The molecule has 2 aromatic rings. The highest BCUT2D eigenvalue weighted by atomic mass is 16.5. The molecule has 2 rings (SSSR count). The second kappa shape index (κ2) is 4.05. The van der Waals surface area contributed by atoms with Crippen LogP contribution in [0.1, 0.15) is 5.56 Å². The highest BCUT2D eigenvalue weighted by molar-refractivity contribution is 5.19. The summed E-state index contributed by atoms with van der Waals surface area (Å²) in [5.74, 6) is 0.401. The minimum Gasteiger partial charge on any atom is -0.404 e. The number of aliphatic hydroxyl groups excluding tert-OH is 1. The first-order valence-electron chi connectivity index (χ1n) is 4.37. The van der Waals surface area contributed by atoms with Crippen LogP contribution in [0.4, 0.5) is 0 Å². The van der Waals surface area contributed by atoms with E-state index in [1.807, 2.05) is 0 Å². The Labute approximate surface area is 86.2 Å². The van der Waals surface area contributed by atoms with Gasteiger partial charge in [-0.2, -0.15) is 4.98 Å². The summed E-state index contributed by atoms with van der Waals surface area (Å²) in [7, 11) is 1.75. The van der Waals surface area contributed by atoms with E-state index in [-0.39, 0.29) is 12.6 Å². The molecule has 78 valence electrons. The van der Waals surface area contributed by atoms with Gasteiger partial charge in [0.05, 0.1) is 6.61 Å². The third-order valence-corrected chi connectivity index (χ3v) is 1.75. The summed E-state index contributed by atoms with van der Waals surface area (Å²) >= 11 is 0. The Morgan fingerprint density at radius 3 is 2.80 bits per heavy atom. The predicted molar refractivity (Wildman–Crippen MR) is 51.2 cm³/mol. The summed E-state index contributed by atoms with van der Waals surface area (Å²) in [6.07, 6.45) is 3.08. The molecular weight excluding hydrogens is 196 g/mol. The maximum atomic E-state index is 8.81. The number of aryl methyl sites for hydroxylation is 1. The summed E-state index contributed by atoms with van der Waals surface area (Å²) in [5, 5.41) is 12.8. The van der Waals surface area contributed by atoms with E-state index in [0.717, 1.165) is 5.56 Å². The lowest BCUT2D eigenvalue weighted by molar-refractivity contribution is 0.281. The van der Waals surface area contributed by atoms with Gasteiger partial charge in [-0.15, -0.1) is 5.10 Å². The number of pyridine rings is 1. The van der Waals surface area contributed by atoms with Gasteiger partial charge in [-0.05, 0) is 11.6 Å². The van der Waals surface area contributed by atoms with Gasteiger partial charge in [0.2, 0.25) is 5.88 Å². The molecule has 0 fully saturated rings. The molecular formula is C9H10N4O2. The average molecular weight is 206 g/mol. The van der Waals surface area contributed by atoms with Crippen molar-refractivity contribution in [2.45, 2.75) is 6.61 Å². The van der Waals surface area contributed by atoms with E-state index in [9.17, 15) is 0 Å². The molecule has 0 aromatic carbocycles. The topological polar surface area (TPSA) is 73.1 Å². The zero-order valence-corrected chi connectivity index (χ0v) is 8.16. The smallest absolute Gasteiger partial charge is 0.342 e. The fourth-order valence-electron chi connectivity index (χ4n) is 1.02. The Kier molecular flexibility index (Phi) is 2.59. The summed E-state index contributed by atoms with van der Waals surface area (Å²) in [5.41, 5.74) is 0.733. The average Bonchev–Trinajstić information content (AvgIpc) is 2.65. The van der Waals surface area contributed by atoms with Crippen LogP contribution < -0.4 is 4.74 Å². The summed E-state index contributed by atoms with van der Waals surface area (Å²) in [6.45, 7) is -0.0326. The van der Waals surface area contributed by atoms with Crippen molar-refractivity contribution in [3.8, 4) is 11.9 Å². The Hall–Kier alpha value is -1.95. The first kappa shape index (κ1) is 9.60. The van der Waals surface area contributed by atoms with Gasteiger partial charge in [-0.3, -0.25) is 4.68 Å². The van der Waals surface area contributed by atoms with Crippen LogP contribution in [-0.2, 0) is 13.7 Å². The second-order valence-electron chi connectivity index (χ2n) is 2.97. The van der Waals surface area contributed by atoms with Crippen LogP contribution >= 0.6 is 0 Å². The van der Waals surface area contributed by atoms with Crippen molar-refractivity contribution >= 4 is 0 Å². The molecule has 6 nitrogen and oxygen atoms in total. The molecule has 0 amide bonds. The molecule has 0 unspecified atom stereocenters. The molecule has 0 aliphatic carbocycles. The van der Waals surface area contributed by atoms with Gasteiger partial charge >= 0.3 is 6.01 Å². The lowest BCUT2D eigenvalue weighted by atomic mass is 10.3. The van der Waals surface area contributed by atoms with Crippen LogP contribution in [0.3, 0.4) is 0 Å². The van der Waals surface area contributed by atoms with Crippen LogP contribution in [0, 0.1) is 0 Å². The van der Waals surface area contributed by atoms with Crippen LogP contribution in [0.15, 0.2) is 24.7 Å². The third-order valence-electron chi connectivity index (χ3n) is 1.75. The third kappa shape index (κ3) is 2.29. The van der Waals surface area contributed by atoms with Crippen LogP contribution in [0.25, 0.3) is 0 Å². The van der Waals surface area contributed by atoms with E-state index in [1.165, 1.54) is 17.2 Å². The second-order valence-corrected chi connectivity index (χ2v) is 2.97. The van der Waals surface area contributed by atoms with E-state index in [1.54, 1.807) is 19.2 Å². The Morgan fingerprint density at radius 1 is 1.40 bits per heavy atom. The van der Waals surface area contributed by atoms with Gasteiger partial charge in [0.1, 0.15) is 6.33 Å². The fraction of sp³-hybridized carbons (Fsp3) is 0.222. The van der Waals surface area contributed by atoms with Gasteiger partial charge < -0.3 is 9.84 Å². The lowest BCUT2D eigenvalue weighted by Gasteiger charge is -1.99. The van der Waals surface area contributed by atoms with E-state index in [4.69, 9.17) is 9.84 Å². The molecule has 0 spiro atoms. The van der Waals surface area contributed by atoms with Gasteiger partial charge in [0, 0.05) is 19.3 Å². The zero-order chi connectivity index (χ0) is 10.7. The molecule has 2 heterocycles. The van der Waals surface area contributed by atoms with E-state index < -0.39 is 0 Å². The quantitative estimate of drug-likeness (QED) is 0.791. The molecule has 0 bridgehead atoms. The Bertz CT molecular complexity index is 438. The Balaban J connectivity index is 2.11. The number of hydrogen-bond donors (Lipinski definition) is 1. The van der Waals surface area contributed by atoms with E-state index in [0.29, 0.717) is 5.88 Å². The van der Waals surface area contributed by atoms with Crippen molar-refractivity contribution in [1.29, 1.82) is 0 Å². The number of hydrogen-bond acceptors (Lipinski definition) is 5. The molecule has 0 radical (unpaired) electrons. The number of ether oxygens (including phenoxy) is 1. The number of aliphatic hydroxyl groups is 1. The van der Waals surface area contributed by atoms with E-state index >= 15 is 0 Å². The molecule has 2 aromatic heterocycles. The van der Waals surface area contributed by atoms with Gasteiger partial charge in [0.15, 0.2) is 0 Å². The van der Waals surface area contributed by atoms with Gasteiger partial charge in [0.25, 0.3) is 0 Å². The lowest BCUT2D eigenvalue weighted by Crippen LogP contribution is -1.92. The zero-order valence-electron chi connectivity index (χ0n) is 8.16. The first-order valence-corrected chi connectivity index (χ1v) is 4.37. The standard InChI is InChI=1S/C9H10N4O2/c1-13-6-11-9(12-13)15-8-3-2-7(5-14)4-10-8/h2-4,6,14H,5H2,1H3. The molecule has 0 saturated heterocycles. The first-order chi connectivity index (χ1) is 7.28. The molecule has 0 saturated carbocycles. The fourth-order valence-corrected chi connectivity index (χ4v) is 1.02. The van der Waals surface area contributed by atoms with Crippen molar-refractivity contribution in [1.82, 2.24) is 19.7 Å². The van der Waals surface area contributed by atoms with Crippen molar-refractivity contribution < 1.29 is 9.84 Å². The van der Waals surface area contributed by atoms with Crippen molar-refractivity contribution in [3.63, 3.8) is 0 Å². The monoisotopic (exact) mass is 206 g/mol. The molecule has 15 heavy (non-hydrogen) atoms. The number of aromatic nitrogens is 4. The number of nitrogens with zero attached hydrogens (tertiary/aromatic N) is 4. The largest absolute Gasteiger partial charge is 0.404 e. The number of rotatable bonds is 3. The Morgan fingerprint density at radius 2 is 2.27 bits per heavy atom. The minimum atomic E-state index is -0.0326.